The predicted octanol–water partition coefficient (Wildman–Crippen LogP) is 1.67. The number of benzene rings is 1. The Morgan fingerprint density at radius 3 is 2.52 bits per heavy atom. The SMILES string of the molecule is Cc1cc(C)c(NC(=O)CN2CCN(C=O)CC2)c(Cl)c1. The van der Waals surface area contributed by atoms with Crippen LogP contribution < -0.4 is 5.32 Å². The van der Waals surface area contributed by atoms with Gasteiger partial charge in [0.05, 0.1) is 17.3 Å². The maximum absolute atomic E-state index is 12.1. The summed E-state index contributed by atoms with van der Waals surface area (Å²) in [7, 11) is 0. The molecular formula is C15H20ClN3O2. The number of carbonyl (C=O) groups excluding carboxylic acids is 2. The van der Waals surface area contributed by atoms with E-state index in [0.717, 1.165) is 17.5 Å². The summed E-state index contributed by atoms with van der Waals surface area (Å²) < 4.78 is 0. The van der Waals surface area contributed by atoms with E-state index in [9.17, 15) is 9.59 Å². The van der Waals surface area contributed by atoms with Crippen molar-refractivity contribution in [3.8, 4) is 0 Å². The lowest BCUT2D eigenvalue weighted by atomic mass is 10.1. The molecule has 1 heterocycles. The molecule has 0 bridgehead atoms. The Morgan fingerprint density at radius 2 is 1.95 bits per heavy atom. The number of amides is 2. The molecule has 1 aromatic carbocycles. The van der Waals surface area contributed by atoms with Gasteiger partial charge in [-0.3, -0.25) is 14.5 Å². The van der Waals surface area contributed by atoms with Crippen LogP contribution in [0.5, 0.6) is 0 Å². The molecular weight excluding hydrogens is 290 g/mol. The topological polar surface area (TPSA) is 52.7 Å². The van der Waals surface area contributed by atoms with Crippen LogP contribution in [0.3, 0.4) is 0 Å². The number of piperazine rings is 1. The van der Waals surface area contributed by atoms with E-state index in [1.807, 2.05) is 30.9 Å². The number of rotatable bonds is 4. The molecule has 1 aliphatic heterocycles. The quantitative estimate of drug-likeness (QED) is 0.861. The summed E-state index contributed by atoms with van der Waals surface area (Å²) in [5.74, 6) is -0.0802. The van der Waals surface area contributed by atoms with Gasteiger partial charge in [0.25, 0.3) is 0 Å². The molecule has 0 aromatic heterocycles. The standard InChI is InChI=1S/C15H20ClN3O2/c1-11-7-12(2)15(13(16)8-11)17-14(21)9-18-3-5-19(10-20)6-4-18/h7-8,10H,3-6,9H2,1-2H3,(H,17,21). The summed E-state index contributed by atoms with van der Waals surface area (Å²) in [5.41, 5.74) is 2.71. The third kappa shape index (κ3) is 4.19. The summed E-state index contributed by atoms with van der Waals surface area (Å²) in [5, 5.41) is 3.44. The first-order chi connectivity index (χ1) is 9.99. The van der Waals surface area contributed by atoms with E-state index < -0.39 is 0 Å². The first-order valence-corrected chi connectivity index (χ1v) is 7.35. The Balaban J connectivity index is 1.92. The molecule has 2 rings (SSSR count). The van der Waals surface area contributed by atoms with Gasteiger partial charge < -0.3 is 10.2 Å². The Morgan fingerprint density at radius 1 is 1.29 bits per heavy atom. The summed E-state index contributed by atoms with van der Waals surface area (Å²) in [6.45, 7) is 6.98. The minimum absolute atomic E-state index is 0.0802. The molecule has 0 radical (unpaired) electrons. The predicted molar refractivity (Wildman–Crippen MR) is 83.6 cm³/mol. The Hall–Kier alpha value is -1.59. The van der Waals surface area contributed by atoms with Crippen LogP contribution in [-0.2, 0) is 9.59 Å². The van der Waals surface area contributed by atoms with E-state index >= 15 is 0 Å². The number of nitrogens with zero attached hydrogens (tertiary/aromatic N) is 2. The van der Waals surface area contributed by atoms with Crippen LogP contribution in [-0.4, -0.2) is 54.8 Å². The van der Waals surface area contributed by atoms with Crippen molar-refractivity contribution < 1.29 is 9.59 Å². The summed E-state index contributed by atoms with van der Waals surface area (Å²) in [4.78, 5) is 26.5. The average Bonchev–Trinajstić information content (AvgIpc) is 2.43. The Bertz CT molecular complexity index is 517. The highest BCUT2D eigenvalue weighted by Gasteiger charge is 2.18. The van der Waals surface area contributed by atoms with Crippen molar-refractivity contribution >= 4 is 29.6 Å². The largest absolute Gasteiger partial charge is 0.343 e. The monoisotopic (exact) mass is 309 g/mol. The zero-order valence-electron chi connectivity index (χ0n) is 12.4. The molecule has 6 heteroatoms. The second-order valence-electron chi connectivity index (χ2n) is 5.40. The van der Waals surface area contributed by atoms with Crippen LogP contribution in [0, 0.1) is 13.8 Å². The molecule has 5 nitrogen and oxygen atoms in total. The first kappa shape index (κ1) is 15.8. The van der Waals surface area contributed by atoms with E-state index in [4.69, 9.17) is 11.6 Å². The van der Waals surface area contributed by atoms with Gasteiger partial charge in [-0.15, -0.1) is 0 Å². The lowest BCUT2D eigenvalue weighted by molar-refractivity contribution is -0.120. The van der Waals surface area contributed by atoms with E-state index in [0.29, 0.717) is 43.4 Å². The molecule has 0 unspecified atom stereocenters. The van der Waals surface area contributed by atoms with Crippen LogP contribution in [0.15, 0.2) is 12.1 Å². The van der Waals surface area contributed by atoms with Gasteiger partial charge in [-0.2, -0.15) is 0 Å². The molecule has 1 aliphatic rings. The summed E-state index contributed by atoms with van der Waals surface area (Å²) in [6.07, 6.45) is 0.854. The number of aryl methyl sites for hydroxylation is 2. The smallest absolute Gasteiger partial charge is 0.238 e. The van der Waals surface area contributed by atoms with Crippen molar-refractivity contribution in [3.05, 3.63) is 28.3 Å². The summed E-state index contributed by atoms with van der Waals surface area (Å²) >= 11 is 6.19. The fraction of sp³-hybridized carbons (Fsp3) is 0.467. The van der Waals surface area contributed by atoms with Crippen molar-refractivity contribution in [1.82, 2.24) is 9.80 Å². The number of carbonyl (C=O) groups is 2. The highest BCUT2D eigenvalue weighted by Crippen LogP contribution is 2.27. The highest BCUT2D eigenvalue weighted by atomic mass is 35.5. The molecule has 0 saturated carbocycles. The molecule has 114 valence electrons. The van der Waals surface area contributed by atoms with Crippen LogP contribution in [0.4, 0.5) is 5.69 Å². The zero-order chi connectivity index (χ0) is 15.4. The average molecular weight is 310 g/mol. The highest BCUT2D eigenvalue weighted by molar-refractivity contribution is 6.34. The van der Waals surface area contributed by atoms with Gasteiger partial charge in [0.2, 0.25) is 12.3 Å². The third-order valence-corrected chi connectivity index (χ3v) is 3.92. The van der Waals surface area contributed by atoms with E-state index in [1.54, 1.807) is 4.90 Å². The minimum atomic E-state index is -0.0802. The van der Waals surface area contributed by atoms with Crippen molar-refractivity contribution in [2.45, 2.75) is 13.8 Å². The Labute approximate surface area is 129 Å². The van der Waals surface area contributed by atoms with Gasteiger partial charge in [0.1, 0.15) is 0 Å². The van der Waals surface area contributed by atoms with Gasteiger partial charge >= 0.3 is 0 Å². The number of hydrogen-bond donors (Lipinski definition) is 1. The van der Waals surface area contributed by atoms with Gasteiger partial charge in [-0.05, 0) is 31.0 Å². The molecule has 2 amide bonds. The van der Waals surface area contributed by atoms with Crippen LogP contribution in [0.25, 0.3) is 0 Å². The van der Waals surface area contributed by atoms with Crippen molar-refractivity contribution in [2.75, 3.05) is 38.0 Å². The number of hydrogen-bond acceptors (Lipinski definition) is 3. The third-order valence-electron chi connectivity index (χ3n) is 3.62. The van der Waals surface area contributed by atoms with E-state index in [1.165, 1.54) is 0 Å². The minimum Gasteiger partial charge on any atom is -0.343 e. The van der Waals surface area contributed by atoms with Crippen LogP contribution in [0.1, 0.15) is 11.1 Å². The van der Waals surface area contributed by atoms with Crippen molar-refractivity contribution in [3.63, 3.8) is 0 Å². The van der Waals surface area contributed by atoms with Crippen molar-refractivity contribution in [2.24, 2.45) is 0 Å². The molecule has 1 N–H and O–H groups in total. The second-order valence-corrected chi connectivity index (χ2v) is 5.81. The molecule has 21 heavy (non-hydrogen) atoms. The van der Waals surface area contributed by atoms with Crippen LogP contribution in [0.2, 0.25) is 5.02 Å². The lowest BCUT2D eigenvalue weighted by Gasteiger charge is -2.31. The van der Waals surface area contributed by atoms with Gasteiger partial charge in [0, 0.05) is 26.2 Å². The number of nitrogens with one attached hydrogen (secondary N) is 1. The number of anilines is 1. The Kier molecular flexibility index (Phi) is 5.20. The molecule has 1 aromatic rings. The first-order valence-electron chi connectivity index (χ1n) is 6.98. The molecule has 0 atom stereocenters. The van der Waals surface area contributed by atoms with E-state index in [2.05, 4.69) is 5.32 Å². The fourth-order valence-corrected chi connectivity index (χ4v) is 2.85. The maximum Gasteiger partial charge on any atom is 0.238 e. The second kappa shape index (κ2) is 6.91. The molecule has 0 spiro atoms. The fourth-order valence-electron chi connectivity index (χ4n) is 2.48. The van der Waals surface area contributed by atoms with Gasteiger partial charge in [-0.1, -0.05) is 17.7 Å². The maximum atomic E-state index is 12.1. The van der Waals surface area contributed by atoms with Crippen molar-refractivity contribution in [1.29, 1.82) is 0 Å². The van der Waals surface area contributed by atoms with Crippen LogP contribution >= 0.6 is 11.6 Å². The normalized spacial score (nSPS) is 15.9. The molecule has 1 fully saturated rings. The number of halogens is 1. The van der Waals surface area contributed by atoms with Gasteiger partial charge in [0.15, 0.2) is 0 Å². The summed E-state index contributed by atoms with van der Waals surface area (Å²) in [6, 6.07) is 3.83. The lowest BCUT2D eigenvalue weighted by Crippen LogP contribution is -2.48. The molecule has 0 aliphatic carbocycles. The van der Waals surface area contributed by atoms with Gasteiger partial charge in [-0.25, -0.2) is 0 Å². The van der Waals surface area contributed by atoms with E-state index in [-0.39, 0.29) is 5.91 Å². The molecule has 1 saturated heterocycles. The zero-order valence-corrected chi connectivity index (χ0v) is 13.1.